The molecule has 0 bridgehead atoms. The molecule has 110 valence electrons. The number of nitrogens with one attached hydrogen (secondary N) is 2. The van der Waals surface area contributed by atoms with E-state index < -0.39 is 0 Å². The number of rotatable bonds is 6. The molecule has 2 N–H and O–H groups in total. The monoisotopic (exact) mass is 282 g/mol. The van der Waals surface area contributed by atoms with Crippen LogP contribution < -0.4 is 10.6 Å². The van der Waals surface area contributed by atoms with E-state index in [1.165, 1.54) is 0 Å². The van der Waals surface area contributed by atoms with Gasteiger partial charge in [0.15, 0.2) is 0 Å². The van der Waals surface area contributed by atoms with Gasteiger partial charge >= 0.3 is 0 Å². The van der Waals surface area contributed by atoms with Gasteiger partial charge in [-0.2, -0.15) is 0 Å². The van der Waals surface area contributed by atoms with E-state index in [0.29, 0.717) is 5.56 Å². The minimum Gasteiger partial charge on any atom is -0.385 e. The molecule has 0 saturated heterocycles. The lowest BCUT2D eigenvalue weighted by atomic mass is 10.0. The van der Waals surface area contributed by atoms with Gasteiger partial charge in [0, 0.05) is 17.8 Å². The van der Waals surface area contributed by atoms with Crippen LogP contribution in [0.2, 0.25) is 0 Å². The number of benzene rings is 2. The van der Waals surface area contributed by atoms with Crippen LogP contribution in [0.4, 0.5) is 5.69 Å². The lowest BCUT2D eigenvalue weighted by Gasteiger charge is -2.17. The van der Waals surface area contributed by atoms with Crippen molar-refractivity contribution in [1.29, 1.82) is 0 Å². The van der Waals surface area contributed by atoms with Gasteiger partial charge in [-0.3, -0.25) is 4.79 Å². The van der Waals surface area contributed by atoms with Crippen molar-refractivity contribution in [3.63, 3.8) is 0 Å². The van der Waals surface area contributed by atoms with Gasteiger partial charge in [-0.15, -0.1) is 0 Å². The van der Waals surface area contributed by atoms with Gasteiger partial charge < -0.3 is 10.6 Å². The van der Waals surface area contributed by atoms with Crippen molar-refractivity contribution in [2.45, 2.75) is 26.3 Å². The number of carbonyl (C=O) groups excluding carboxylic acids is 1. The highest BCUT2D eigenvalue weighted by atomic mass is 16.1. The molecule has 3 nitrogen and oxygen atoms in total. The molecular formula is C18H22N2O. The third kappa shape index (κ3) is 4.09. The first kappa shape index (κ1) is 15.1. The Labute approximate surface area is 126 Å². The quantitative estimate of drug-likeness (QED) is 0.841. The maximum atomic E-state index is 12.3. The van der Waals surface area contributed by atoms with Crippen LogP contribution in [0.25, 0.3) is 0 Å². The first-order valence-electron chi connectivity index (χ1n) is 7.44. The molecule has 0 aliphatic rings. The number of amides is 1. The lowest BCUT2D eigenvalue weighted by molar-refractivity contribution is 0.0935. The zero-order chi connectivity index (χ0) is 15.1. The van der Waals surface area contributed by atoms with E-state index in [2.05, 4.69) is 17.6 Å². The van der Waals surface area contributed by atoms with Crippen LogP contribution in [-0.2, 0) is 0 Å². The van der Waals surface area contributed by atoms with Gasteiger partial charge in [-0.1, -0.05) is 37.3 Å². The Balaban J connectivity index is 2.05. The number of hydrogen-bond donors (Lipinski definition) is 2. The highest BCUT2D eigenvalue weighted by Crippen LogP contribution is 2.17. The Bertz CT molecular complexity index is 564. The van der Waals surface area contributed by atoms with Crippen LogP contribution in [0.15, 0.2) is 54.6 Å². The maximum absolute atomic E-state index is 12.3. The molecule has 2 rings (SSSR count). The Morgan fingerprint density at radius 3 is 2.24 bits per heavy atom. The first-order chi connectivity index (χ1) is 10.2. The van der Waals surface area contributed by atoms with E-state index in [4.69, 9.17) is 0 Å². The molecule has 0 fully saturated rings. The molecule has 1 amide bonds. The van der Waals surface area contributed by atoms with E-state index in [1.807, 2.05) is 61.5 Å². The molecule has 1 unspecified atom stereocenters. The summed E-state index contributed by atoms with van der Waals surface area (Å²) in [4.78, 5) is 12.3. The number of hydrogen-bond acceptors (Lipinski definition) is 2. The summed E-state index contributed by atoms with van der Waals surface area (Å²) in [5.74, 6) is -0.0336. The second-order valence-electron chi connectivity index (χ2n) is 4.95. The molecule has 0 aliphatic heterocycles. The van der Waals surface area contributed by atoms with Crippen molar-refractivity contribution in [3.05, 3.63) is 65.7 Å². The zero-order valence-corrected chi connectivity index (χ0v) is 12.6. The van der Waals surface area contributed by atoms with E-state index in [0.717, 1.165) is 24.2 Å². The fraction of sp³-hybridized carbons (Fsp3) is 0.278. The summed E-state index contributed by atoms with van der Waals surface area (Å²) >= 11 is 0. The number of carbonyl (C=O) groups is 1. The van der Waals surface area contributed by atoms with Crippen molar-refractivity contribution in [1.82, 2.24) is 5.32 Å². The van der Waals surface area contributed by atoms with Gasteiger partial charge in [0.2, 0.25) is 0 Å². The summed E-state index contributed by atoms with van der Waals surface area (Å²) in [7, 11) is 0. The Morgan fingerprint density at radius 1 is 1.00 bits per heavy atom. The third-order valence-electron chi connectivity index (χ3n) is 3.44. The van der Waals surface area contributed by atoms with Crippen molar-refractivity contribution >= 4 is 11.6 Å². The van der Waals surface area contributed by atoms with Crippen LogP contribution in [-0.4, -0.2) is 12.5 Å². The highest BCUT2D eigenvalue weighted by molar-refractivity contribution is 5.94. The SMILES string of the molecule is CCNc1ccc(C(=O)NC(CC)c2ccccc2)cc1. The molecule has 0 spiro atoms. The first-order valence-corrected chi connectivity index (χ1v) is 7.44. The second kappa shape index (κ2) is 7.48. The van der Waals surface area contributed by atoms with Crippen LogP contribution in [0.1, 0.15) is 42.2 Å². The third-order valence-corrected chi connectivity index (χ3v) is 3.44. The molecule has 0 aromatic heterocycles. The summed E-state index contributed by atoms with van der Waals surface area (Å²) in [6.45, 7) is 5.00. The summed E-state index contributed by atoms with van der Waals surface area (Å²) in [6, 6.07) is 17.7. The minimum atomic E-state index is -0.0336. The van der Waals surface area contributed by atoms with Gasteiger partial charge in [-0.25, -0.2) is 0 Å². The van der Waals surface area contributed by atoms with Gasteiger partial charge in [0.1, 0.15) is 0 Å². The van der Waals surface area contributed by atoms with E-state index >= 15 is 0 Å². The van der Waals surface area contributed by atoms with Crippen molar-refractivity contribution in [2.75, 3.05) is 11.9 Å². The molecule has 0 heterocycles. The molecule has 0 saturated carbocycles. The normalized spacial score (nSPS) is 11.7. The minimum absolute atomic E-state index is 0.0336. The molecular weight excluding hydrogens is 260 g/mol. The molecule has 2 aromatic rings. The highest BCUT2D eigenvalue weighted by Gasteiger charge is 2.13. The Kier molecular flexibility index (Phi) is 5.38. The van der Waals surface area contributed by atoms with Crippen molar-refractivity contribution in [2.24, 2.45) is 0 Å². The summed E-state index contributed by atoms with van der Waals surface area (Å²) < 4.78 is 0. The van der Waals surface area contributed by atoms with E-state index in [1.54, 1.807) is 0 Å². The summed E-state index contributed by atoms with van der Waals surface area (Å²) in [6.07, 6.45) is 0.866. The van der Waals surface area contributed by atoms with Crippen LogP contribution in [0.5, 0.6) is 0 Å². The average molecular weight is 282 g/mol. The fourth-order valence-corrected chi connectivity index (χ4v) is 2.29. The van der Waals surface area contributed by atoms with Crippen LogP contribution in [0, 0.1) is 0 Å². The fourth-order valence-electron chi connectivity index (χ4n) is 2.29. The largest absolute Gasteiger partial charge is 0.385 e. The maximum Gasteiger partial charge on any atom is 0.251 e. The van der Waals surface area contributed by atoms with Gasteiger partial charge in [0.05, 0.1) is 6.04 Å². The van der Waals surface area contributed by atoms with E-state index in [-0.39, 0.29) is 11.9 Å². The topological polar surface area (TPSA) is 41.1 Å². The van der Waals surface area contributed by atoms with Crippen LogP contribution in [0.3, 0.4) is 0 Å². The summed E-state index contributed by atoms with van der Waals surface area (Å²) in [5.41, 5.74) is 2.85. The van der Waals surface area contributed by atoms with Gasteiger partial charge in [-0.05, 0) is 43.2 Å². The predicted octanol–water partition coefficient (Wildman–Crippen LogP) is 4.00. The Hall–Kier alpha value is -2.29. The molecule has 21 heavy (non-hydrogen) atoms. The lowest BCUT2D eigenvalue weighted by Crippen LogP contribution is -2.28. The van der Waals surface area contributed by atoms with Crippen LogP contribution >= 0.6 is 0 Å². The van der Waals surface area contributed by atoms with Gasteiger partial charge in [0.25, 0.3) is 5.91 Å². The molecule has 3 heteroatoms. The zero-order valence-electron chi connectivity index (χ0n) is 12.6. The number of anilines is 1. The molecule has 2 aromatic carbocycles. The average Bonchev–Trinajstić information content (AvgIpc) is 2.54. The molecule has 0 radical (unpaired) electrons. The van der Waals surface area contributed by atoms with Crippen molar-refractivity contribution < 1.29 is 4.79 Å². The standard InChI is InChI=1S/C18H22N2O/c1-3-17(14-8-6-5-7-9-14)20-18(21)15-10-12-16(13-11-15)19-4-2/h5-13,17,19H,3-4H2,1-2H3,(H,20,21). The van der Waals surface area contributed by atoms with E-state index in [9.17, 15) is 4.79 Å². The second-order valence-corrected chi connectivity index (χ2v) is 4.95. The summed E-state index contributed by atoms with van der Waals surface area (Å²) in [5, 5.41) is 6.31. The smallest absolute Gasteiger partial charge is 0.251 e. The Morgan fingerprint density at radius 2 is 1.67 bits per heavy atom. The molecule has 0 aliphatic carbocycles. The predicted molar refractivity (Wildman–Crippen MR) is 87.5 cm³/mol. The molecule has 1 atom stereocenters. The van der Waals surface area contributed by atoms with Crippen molar-refractivity contribution in [3.8, 4) is 0 Å².